The molecular formula is C12H12F2N4O. The second kappa shape index (κ2) is 4.68. The van der Waals surface area contributed by atoms with Crippen LogP contribution in [0.5, 0.6) is 0 Å². The number of aryl methyl sites for hydroxylation is 2. The molecule has 0 aliphatic rings. The number of anilines is 2. The summed E-state index contributed by atoms with van der Waals surface area (Å²) < 4.78 is 27.8. The molecule has 1 heterocycles. The number of hydrogen-bond acceptors (Lipinski definition) is 3. The van der Waals surface area contributed by atoms with E-state index in [9.17, 15) is 13.6 Å². The number of carbonyl (C=O) groups excluding carboxylic acids is 1. The normalized spacial score (nSPS) is 10.5. The number of nitrogens with zero attached hydrogens (tertiary/aromatic N) is 2. The Morgan fingerprint density at radius 1 is 1.42 bits per heavy atom. The highest BCUT2D eigenvalue weighted by molar-refractivity contribution is 6.05. The van der Waals surface area contributed by atoms with Crippen molar-refractivity contribution < 1.29 is 13.6 Å². The third-order valence-electron chi connectivity index (χ3n) is 2.67. The molecule has 19 heavy (non-hydrogen) atoms. The fourth-order valence-electron chi connectivity index (χ4n) is 1.67. The van der Waals surface area contributed by atoms with Gasteiger partial charge in [-0.25, -0.2) is 8.78 Å². The van der Waals surface area contributed by atoms with Gasteiger partial charge >= 0.3 is 0 Å². The van der Waals surface area contributed by atoms with E-state index in [0.29, 0.717) is 5.69 Å². The molecule has 7 heteroatoms. The summed E-state index contributed by atoms with van der Waals surface area (Å²) in [6, 6.07) is 2.65. The zero-order valence-electron chi connectivity index (χ0n) is 10.4. The molecular weight excluding hydrogens is 254 g/mol. The Bertz CT molecular complexity index is 651. The number of amides is 1. The van der Waals surface area contributed by atoms with Crippen LogP contribution in [0, 0.1) is 18.6 Å². The maximum absolute atomic E-state index is 13.4. The lowest BCUT2D eigenvalue weighted by Gasteiger charge is -2.07. The highest BCUT2D eigenvalue weighted by Crippen LogP contribution is 2.22. The largest absolute Gasteiger partial charge is 0.394 e. The lowest BCUT2D eigenvalue weighted by Crippen LogP contribution is -2.17. The first-order valence-electron chi connectivity index (χ1n) is 5.45. The van der Waals surface area contributed by atoms with Crippen LogP contribution in [0.4, 0.5) is 20.3 Å². The minimum absolute atomic E-state index is 0.242. The molecule has 0 saturated carbocycles. The Balaban J connectivity index is 2.33. The van der Waals surface area contributed by atoms with Crippen LogP contribution in [0.3, 0.4) is 0 Å². The van der Waals surface area contributed by atoms with Gasteiger partial charge in [-0.3, -0.25) is 9.48 Å². The number of rotatable bonds is 2. The average Bonchev–Trinajstić information content (AvgIpc) is 2.59. The van der Waals surface area contributed by atoms with Crippen molar-refractivity contribution in [3.63, 3.8) is 0 Å². The summed E-state index contributed by atoms with van der Waals surface area (Å²) in [7, 11) is 1.58. The van der Waals surface area contributed by atoms with E-state index >= 15 is 0 Å². The van der Waals surface area contributed by atoms with E-state index in [1.165, 1.54) is 4.68 Å². The quantitative estimate of drug-likeness (QED) is 0.871. The lowest BCUT2D eigenvalue weighted by atomic mass is 10.2. The van der Waals surface area contributed by atoms with Crippen molar-refractivity contribution in [1.82, 2.24) is 9.78 Å². The number of aromatic nitrogens is 2. The second-order valence-electron chi connectivity index (χ2n) is 4.05. The monoisotopic (exact) mass is 266 g/mol. The van der Waals surface area contributed by atoms with Crippen molar-refractivity contribution in [2.75, 3.05) is 11.1 Å². The highest BCUT2D eigenvalue weighted by Gasteiger charge is 2.17. The van der Waals surface area contributed by atoms with Crippen molar-refractivity contribution >= 4 is 17.4 Å². The van der Waals surface area contributed by atoms with Gasteiger partial charge in [0.05, 0.1) is 16.9 Å². The van der Waals surface area contributed by atoms with E-state index in [1.807, 2.05) is 0 Å². The van der Waals surface area contributed by atoms with Gasteiger partial charge in [-0.05, 0) is 25.1 Å². The van der Waals surface area contributed by atoms with Crippen molar-refractivity contribution in [3.05, 3.63) is 41.1 Å². The van der Waals surface area contributed by atoms with E-state index in [2.05, 4.69) is 10.4 Å². The Morgan fingerprint density at radius 2 is 2.11 bits per heavy atom. The van der Waals surface area contributed by atoms with Gasteiger partial charge < -0.3 is 11.1 Å². The molecule has 0 aliphatic heterocycles. The standard InChI is InChI=1S/C12H12F2N4O/c1-6-10(15)11(18(2)17-6)16-12(19)8-5-7(13)3-4-9(8)14/h3-5H,15H2,1-2H3,(H,16,19). The van der Waals surface area contributed by atoms with Crippen LogP contribution in [-0.2, 0) is 7.05 Å². The number of hydrogen-bond donors (Lipinski definition) is 2. The molecule has 5 nitrogen and oxygen atoms in total. The summed E-state index contributed by atoms with van der Waals surface area (Å²) in [6.07, 6.45) is 0. The Morgan fingerprint density at radius 3 is 2.68 bits per heavy atom. The fraction of sp³-hybridized carbons (Fsp3) is 0.167. The van der Waals surface area contributed by atoms with Crippen LogP contribution in [0.15, 0.2) is 18.2 Å². The van der Waals surface area contributed by atoms with Gasteiger partial charge in [0.25, 0.3) is 5.91 Å². The molecule has 1 aromatic carbocycles. The number of nitrogen functional groups attached to an aromatic ring is 1. The first-order chi connectivity index (χ1) is 8.90. The van der Waals surface area contributed by atoms with E-state index in [0.717, 1.165) is 18.2 Å². The first-order valence-corrected chi connectivity index (χ1v) is 5.45. The molecule has 100 valence electrons. The topological polar surface area (TPSA) is 72.9 Å². The molecule has 0 fully saturated rings. The molecule has 0 bridgehead atoms. The average molecular weight is 266 g/mol. The first kappa shape index (κ1) is 13.0. The molecule has 1 aromatic heterocycles. The van der Waals surface area contributed by atoms with Crippen LogP contribution < -0.4 is 11.1 Å². The van der Waals surface area contributed by atoms with Gasteiger partial charge in [0.1, 0.15) is 11.6 Å². The zero-order chi connectivity index (χ0) is 14.2. The maximum Gasteiger partial charge on any atom is 0.259 e. The fourth-order valence-corrected chi connectivity index (χ4v) is 1.67. The van der Waals surface area contributed by atoms with Gasteiger partial charge in [-0.15, -0.1) is 0 Å². The summed E-state index contributed by atoms with van der Waals surface area (Å²) in [5, 5.41) is 6.42. The van der Waals surface area contributed by atoms with E-state index in [-0.39, 0.29) is 11.5 Å². The molecule has 0 spiro atoms. The SMILES string of the molecule is Cc1nn(C)c(NC(=O)c2cc(F)ccc2F)c1N. The minimum Gasteiger partial charge on any atom is -0.394 e. The van der Waals surface area contributed by atoms with Crippen LogP contribution >= 0.6 is 0 Å². The zero-order valence-corrected chi connectivity index (χ0v) is 10.4. The van der Waals surface area contributed by atoms with Gasteiger partial charge in [0.2, 0.25) is 0 Å². The Labute approximate surface area is 108 Å². The number of benzene rings is 1. The second-order valence-corrected chi connectivity index (χ2v) is 4.05. The molecule has 1 amide bonds. The van der Waals surface area contributed by atoms with Crippen LogP contribution in [0.25, 0.3) is 0 Å². The summed E-state index contributed by atoms with van der Waals surface area (Å²) in [5.74, 6) is -2.05. The van der Waals surface area contributed by atoms with Gasteiger partial charge in [-0.2, -0.15) is 5.10 Å². The predicted molar refractivity (Wildman–Crippen MR) is 66.7 cm³/mol. The number of nitrogens with two attached hydrogens (primary N) is 1. The van der Waals surface area contributed by atoms with Gasteiger partial charge in [0, 0.05) is 7.05 Å². The summed E-state index contributed by atoms with van der Waals surface area (Å²) >= 11 is 0. The van der Waals surface area contributed by atoms with Crippen molar-refractivity contribution in [2.45, 2.75) is 6.92 Å². The highest BCUT2D eigenvalue weighted by atomic mass is 19.1. The molecule has 3 N–H and O–H groups in total. The number of nitrogens with one attached hydrogen (secondary N) is 1. The minimum atomic E-state index is -0.809. The third kappa shape index (κ3) is 2.40. The number of halogens is 2. The third-order valence-corrected chi connectivity index (χ3v) is 2.67. The van der Waals surface area contributed by atoms with Crippen molar-refractivity contribution in [1.29, 1.82) is 0 Å². The number of carbonyl (C=O) groups is 1. The maximum atomic E-state index is 13.4. The van der Waals surface area contributed by atoms with E-state index in [4.69, 9.17) is 5.73 Å². The summed E-state index contributed by atoms with van der Waals surface area (Å²) in [6.45, 7) is 1.67. The van der Waals surface area contributed by atoms with Gasteiger partial charge in [-0.1, -0.05) is 0 Å². The van der Waals surface area contributed by atoms with E-state index in [1.54, 1.807) is 14.0 Å². The molecule has 2 rings (SSSR count). The summed E-state index contributed by atoms with van der Waals surface area (Å²) in [4.78, 5) is 11.9. The van der Waals surface area contributed by atoms with Gasteiger partial charge in [0.15, 0.2) is 5.82 Å². The predicted octanol–water partition coefficient (Wildman–Crippen LogP) is 1.84. The van der Waals surface area contributed by atoms with Crippen LogP contribution in [0.2, 0.25) is 0 Å². The van der Waals surface area contributed by atoms with Crippen molar-refractivity contribution in [3.8, 4) is 0 Å². The van der Waals surface area contributed by atoms with Crippen LogP contribution in [0.1, 0.15) is 16.1 Å². The smallest absolute Gasteiger partial charge is 0.259 e. The molecule has 0 aliphatic carbocycles. The molecule has 2 aromatic rings. The molecule has 0 unspecified atom stereocenters. The molecule has 0 atom stereocenters. The molecule has 0 saturated heterocycles. The Hall–Kier alpha value is -2.44. The van der Waals surface area contributed by atoms with Crippen LogP contribution in [-0.4, -0.2) is 15.7 Å². The van der Waals surface area contributed by atoms with Crippen molar-refractivity contribution in [2.24, 2.45) is 7.05 Å². The van der Waals surface area contributed by atoms with E-state index < -0.39 is 23.1 Å². The summed E-state index contributed by atoms with van der Waals surface area (Å²) in [5.41, 5.74) is 6.17. The Kier molecular flexibility index (Phi) is 3.20. The molecule has 0 radical (unpaired) electrons. The lowest BCUT2D eigenvalue weighted by molar-refractivity contribution is 0.102.